The van der Waals surface area contributed by atoms with Gasteiger partial charge >= 0.3 is 5.97 Å². The van der Waals surface area contributed by atoms with E-state index in [2.05, 4.69) is 0 Å². The summed E-state index contributed by atoms with van der Waals surface area (Å²) in [6.45, 7) is 3.57. The van der Waals surface area contributed by atoms with Crippen molar-refractivity contribution in [3.8, 4) is 0 Å². The van der Waals surface area contributed by atoms with Crippen LogP contribution in [0.1, 0.15) is 13.8 Å². The van der Waals surface area contributed by atoms with E-state index in [0.717, 1.165) is 0 Å². The molecule has 0 saturated carbocycles. The molecule has 2 fully saturated rings. The van der Waals surface area contributed by atoms with Gasteiger partial charge in [-0.05, 0) is 13.8 Å². The normalized spacial score (nSPS) is 39.5. The largest absolute Gasteiger partial charge is 0.449 e. The van der Waals surface area contributed by atoms with E-state index in [0.29, 0.717) is 0 Å². The van der Waals surface area contributed by atoms with Crippen LogP contribution in [0.15, 0.2) is 0 Å². The van der Waals surface area contributed by atoms with Crippen molar-refractivity contribution in [3.63, 3.8) is 0 Å². The van der Waals surface area contributed by atoms with Crippen molar-refractivity contribution in [1.29, 1.82) is 0 Å². The van der Waals surface area contributed by atoms with Crippen molar-refractivity contribution >= 4 is 11.8 Å². The molecule has 2 heterocycles. The molecule has 15 heavy (non-hydrogen) atoms. The fraction of sp³-hybridized carbons (Fsp3) is 0.778. The fourth-order valence-electron chi connectivity index (χ4n) is 1.64. The Hall–Kier alpha value is -0.980. The van der Waals surface area contributed by atoms with E-state index < -0.39 is 35.9 Å². The van der Waals surface area contributed by atoms with Gasteiger partial charge in [-0.1, -0.05) is 0 Å². The van der Waals surface area contributed by atoms with Crippen molar-refractivity contribution < 1.29 is 28.9 Å². The molecular weight excluding hydrogens is 204 g/mol. The van der Waals surface area contributed by atoms with Gasteiger partial charge in [0, 0.05) is 0 Å². The standard InChI is InChI=1S/C9H12O6/c1-9(2)13-3-4(15-9)7-5(10)6(11)8(12)14-7/h4,6-7,11H,3H2,1-2H3/t4-,6+,7+/m0/s1. The van der Waals surface area contributed by atoms with Crippen LogP contribution >= 0.6 is 0 Å². The first-order valence-corrected chi connectivity index (χ1v) is 4.65. The molecule has 3 atom stereocenters. The number of hydrogen-bond donors (Lipinski definition) is 1. The third-order valence-electron chi connectivity index (χ3n) is 2.38. The maximum Gasteiger partial charge on any atom is 0.343 e. The predicted molar refractivity (Wildman–Crippen MR) is 45.8 cm³/mol. The molecule has 0 radical (unpaired) electrons. The van der Waals surface area contributed by atoms with E-state index in [1.165, 1.54) is 0 Å². The summed E-state index contributed by atoms with van der Waals surface area (Å²) in [5.74, 6) is -2.37. The highest BCUT2D eigenvalue weighted by atomic mass is 16.8. The number of cyclic esters (lactones) is 1. The Morgan fingerprint density at radius 1 is 1.40 bits per heavy atom. The summed E-state index contributed by atoms with van der Waals surface area (Å²) in [4.78, 5) is 22.3. The Kier molecular flexibility index (Phi) is 2.29. The Morgan fingerprint density at radius 2 is 2.07 bits per heavy atom. The van der Waals surface area contributed by atoms with Crippen molar-refractivity contribution in [2.24, 2.45) is 0 Å². The lowest BCUT2D eigenvalue weighted by Crippen LogP contribution is -2.37. The molecule has 0 unspecified atom stereocenters. The fourth-order valence-corrected chi connectivity index (χ4v) is 1.64. The van der Waals surface area contributed by atoms with Gasteiger partial charge in [0.15, 0.2) is 11.9 Å². The Bertz CT molecular complexity index is 310. The number of carbonyl (C=O) groups excluding carboxylic acids is 2. The van der Waals surface area contributed by atoms with Gasteiger partial charge in [-0.25, -0.2) is 4.79 Å². The molecule has 6 nitrogen and oxygen atoms in total. The summed E-state index contributed by atoms with van der Waals surface area (Å²) < 4.78 is 15.3. The minimum atomic E-state index is -1.68. The second-order valence-corrected chi connectivity index (χ2v) is 4.03. The number of rotatable bonds is 1. The highest BCUT2D eigenvalue weighted by Crippen LogP contribution is 2.28. The van der Waals surface area contributed by atoms with E-state index in [4.69, 9.17) is 19.3 Å². The number of aliphatic hydroxyl groups is 1. The van der Waals surface area contributed by atoms with E-state index in [9.17, 15) is 9.59 Å². The van der Waals surface area contributed by atoms with Crippen molar-refractivity contribution in [1.82, 2.24) is 0 Å². The highest BCUT2D eigenvalue weighted by Gasteiger charge is 2.50. The maximum atomic E-state index is 11.4. The van der Waals surface area contributed by atoms with Crippen molar-refractivity contribution in [2.75, 3.05) is 6.61 Å². The van der Waals surface area contributed by atoms with E-state index >= 15 is 0 Å². The van der Waals surface area contributed by atoms with Gasteiger partial charge in [-0.3, -0.25) is 4.79 Å². The van der Waals surface area contributed by atoms with Crippen LogP contribution in [0.4, 0.5) is 0 Å². The summed E-state index contributed by atoms with van der Waals surface area (Å²) in [5, 5.41) is 9.11. The van der Waals surface area contributed by atoms with Crippen LogP contribution in [0.2, 0.25) is 0 Å². The van der Waals surface area contributed by atoms with Gasteiger partial charge in [-0.2, -0.15) is 0 Å². The van der Waals surface area contributed by atoms with Crippen LogP contribution in [-0.4, -0.2) is 47.6 Å². The van der Waals surface area contributed by atoms with E-state index in [1.807, 2.05) is 0 Å². The molecule has 0 spiro atoms. The second-order valence-electron chi connectivity index (χ2n) is 4.03. The molecule has 0 aromatic carbocycles. The number of carbonyl (C=O) groups is 2. The smallest absolute Gasteiger partial charge is 0.343 e. The lowest BCUT2D eigenvalue weighted by molar-refractivity contribution is -0.164. The van der Waals surface area contributed by atoms with Crippen LogP contribution in [0.3, 0.4) is 0 Å². The number of aliphatic hydroxyl groups excluding tert-OH is 1. The Balaban J connectivity index is 2.08. The number of esters is 1. The quantitative estimate of drug-likeness (QED) is 0.447. The number of hydrogen-bond acceptors (Lipinski definition) is 6. The Morgan fingerprint density at radius 3 is 2.47 bits per heavy atom. The summed E-state index contributed by atoms with van der Waals surface area (Å²) >= 11 is 0. The summed E-state index contributed by atoms with van der Waals surface area (Å²) in [6.07, 6.45) is -3.36. The van der Waals surface area contributed by atoms with Crippen molar-refractivity contribution in [2.45, 2.75) is 37.9 Å². The van der Waals surface area contributed by atoms with Crippen LogP contribution in [0.5, 0.6) is 0 Å². The Labute approximate surface area is 86.1 Å². The molecule has 2 aliphatic rings. The number of ketones is 1. The first kappa shape index (κ1) is 10.5. The van der Waals surface area contributed by atoms with E-state index in [1.54, 1.807) is 13.8 Å². The summed E-state index contributed by atoms with van der Waals surface area (Å²) in [7, 11) is 0. The highest BCUT2D eigenvalue weighted by molar-refractivity contribution is 6.09. The molecule has 2 saturated heterocycles. The third kappa shape index (κ3) is 1.75. The van der Waals surface area contributed by atoms with Gasteiger partial charge in [0.05, 0.1) is 6.61 Å². The summed E-state index contributed by atoms with van der Waals surface area (Å²) in [5.41, 5.74) is 0. The summed E-state index contributed by atoms with van der Waals surface area (Å²) in [6, 6.07) is 0. The third-order valence-corrected chi connectivity index (χ3v) is 2.38. The second kappa shape index (κ2) is 3.26. The average molecular weight is 216 g/mol. The molecule has 1 N–H and O–H groups in total. The monoisotopic (exact) mass is 216 g/mol. The maximum absolute atomic E-state index is 11.4. The van der Waals surface area contributed by atoms with Crippen LogP contribution in [0.25, 0.3) is 0 Å². The minimum absolute atomic E-state index is 0.170. The van der Waals surface area contributed by atoms with E-state index in [-0.39, 0.29) is 6.61 Å². The average Bonchev–Trinajstić information content (AvgIpc) is 2.62. The lowest BCUT2D eigenvalue weighted by Gasteiger charge is -2.18. The van der Waals surface area contributed by atoms with Crippen LogP contribution in [0, 0.1) is 0 Å². The van der Waals surface area contributed by atoms with Crippen LogP contribution < -0.4 is 0 Å². The van der Waals surface area contributed by atoms with Gasteiger partial charge in [0.1, 0.15) is 6.10 Å². The zero-order chi connectivity index (χ0) is 11.2. The predicted octanol–water partition coefficient (Wildman–Crippen LogP) is -1.01. The molecule has 6 heteroatoms. The van der Waals surface area contributed by atoms with Crippen LogP contribution in [-0.2, 0) is 23.8 Å². The van der Waals surface area contributed by atoms with Gasteiger partial charge in [0.2, 0.25) is 11.9 Å². The SMILES string of the molecule is CC1(C)OC[C@@H]([C@H]2OC(=O)[C@H](O)C2=O)O1. The van der Waals surface area contributed by atoms with Gasteiger partial charge in [0.25, 0.3) is 0 Å². The molecular formula is C9H12O6. The molecule has 84 valence electrons. The molecule has 0 bridgehead atoms. The van der Waals surface area contributed by atoms with Gasteiger partial charge in [-0.15, -0.1) is 0 Å². The van der Waals surface area contributed by atoms with Crippen molar-refractivity contribution in [3.05, 3.63) is 0 Å². The molecule has 0 aliphatic carbocycles. The zero-order valence-corrected chi connectivity index (χ0v) is 8.43. The lowest BCUT2D eigenvalue weighted by atomic mass is 10.1. The zero-order valence-electron chi connectivity index (χ0n) is 8.43. The molecule has 0 amide bonds. The first-order valence-electron chi connectivity index (χ1n) is 4.65. The topological polar surface area (TPSA) is 82.1 Å². The first-order chi connectivity index (χ1) is 6.91. The number of ether oxygens (including phenoxy) is 3. The molecule has 0 aromatic rings. The minimum Gasteiger partial charge on any atom is -0.449 e. The molecule has 2 aliphatic heterocycles. The molecule has 0 aromatic heterocycles. The van der Waals surface area contributed by atoms with Gasteiger partial charge < -0.3 is 19.3 Å². The molecule has 2 rings (SSSR count). The number of Topliss-reactive ketones (excluding diaryl/α,β-unsaturated/α-hetero) is 1.